The molecule has 1 saturated heterocycles. The highest BCUT2D eigenvalue weighted by Gasteiger charge is 2.32. The summed E-state index contributed by atoms with van der Waals surface area (Å²) in [6, 6.07) is 6.98. The predicted molar refractivity (Wildman–Crippen MR) is 110 cm³/mol. The standard InChI is InChI=1S/C22H28N2O6/c1-23(13-15-9-10-17(27-2)20(29-4)19(15)28-3)21(25)16-7-5-11-24(14-16)22(26)18-8-6-12-30-18/h6,8-10,12,16H,5,7,11,13-14H2,1-4H3. The molecular formula is C22H28N2O6. The molecule has 1 atom stereocenters. The normalized spacial score (nSPS) is 16.1. The van der Waals surface area contributed by atoms with Gasteiger partial charge >= 0.3 is 0 Å². The van der Waals surface area contributed by atoms with Crippen molar-refractivity contribution >= 4 is 11.8 Å². The fraction of sp³-hybridized carbons (Fsp3) is 0.455. The molecule has 1 aromatic heterocycles. The van der Waals surface area contributed by atoms with Crippen LogP contribution in [0.4, 0.5) is 0 Å². The number of likely N-dealkylation sites (tertiary alicyclic amines) is 1. The topological polar surface area (TPSA) is 81.5 Å². The van der Waals surface area contributed by atoms with Crippen molar-refractivity contribution in [1.82, 2.24) is 9.80 Å². The SMILES string of the molecule is COc1ccc(CN(C)C(=O)C2CCCN(C(=O)c3ccco3)C2)c(OC)c1OC. The van der Waals surface area contributed by atoms with Gasteiger partial charge < -0.3 is 28.4 Å². The van der Waals surface area contributed by atoms with E-state index in [1.807, 2.05) is 6.07 Å². The Labute approximate surface area is 176 Å². The molecule has 0 N–H and O–H groups in total. The molecule has 1 fully saturated rings. The largest absolute Gasteiger partial charge is 0.493 e. The van der Waals surface area contributed by atoms with E-state index in [1.165, 1.54) is 6.26 Å². The Morgan fingerprint density at radius 3 is 2.53 bits per heavy atom. The second-order valence-corrected chi connectivity index (χ2v) is 7.26. The predicted octanol–water partition coefficient (Wildman–Crippen LogP) is 2.82. The first-order valence-electron chi connectivity index (χ1n) is 9.85. The monoisotopic (exact) mass is 416 g/mol. The number of hydrogen-bond acceptors (Lipinski definition) is 6. The van der Waals surface area contributed by atoms with E-state index < -0.39 is 0 Å². The smallest absolute Gasteiger partial charge is 0.289 e. The van der Waals surface area contributed by atoms with Gasteiger partial charge in [-0.15, -0.1) is 0 Å². The summed E-state index contributed by atoms with van der Waals surface area (Å²) >= 11 is 0. The first kappa shape index (κ1) is 21.5. The number of carbonyl (C=O) groups excluding carboxylic acids is 2. The van der Waals surface area contributed by atoms with Crippen molar-refractivity contribution in [3.63, 3.8) is 0 Å². The maximum atomic E-state index is 13.1. The van der Waals surface area contributed by atoms with Gasteiger partial charge in [-0.3, -0.25) is 9.59 Å². The van der Waals surface area contributed by atoms with Crippen LogP contribution in [0.2, 0.25) is 0 Å². The molecule has 3 rings (SSSR count). The van der Waals surface area contributed by atoms with Gasteiger partial charge in [-0.1, -0.05) is 0 Å². The molecule has 0 spiro atoms. The van der Waals surface area contributed by atoms with Crippen LogP contribution in [0.5, 0.6) is 17.2 Å². The number of amides is 2. The molecule has 2 aromatic rings. The van der Waals surface area contributed by atoms with Crippen LogP contribution in [0, 0.1) is 5.92 Å². The molecule has 1 aromatic carbocycles. The third kappa shape index (κ3) is 4.37. The Morgan fingerprint density at radius 2 is 1.90 bits per heavy atom. The zero-order chi connectivity index (χ0) is 21.7. The molecule has 162 valence electrons. The van der Waals surface area contributed by atoms with Gasteiger partial charge in [0.05, 0.1) is 33.5 Å². The van der Waals surface area contributed by atoms with Crippen LogP contribution < -0.4 is 14.2 Å². The van der Waals surface area contributed by atoms with Crippen molar-refractivity contribution in [2.24, 2.45) is 5.92 Å². The Morgan fingerprint density at radius 1 is 1.13 bits per heavy atom. The number of benzene rings is 1. The number of piperidine rings is 1. The molecule has 2 amide bonds. The summed E-state index contributed by atoms with van der Waals surface area (Å²) in [4.78, 5) is 29.0. The van der Waals surface area contributed by atoms with Gasteiger partial charge in [-0.05, 0) is 37.1 Å². The van der Waals surface area contributed by atoms with E-state index in [0.717, 1.165) is 18.4 Å². The van der Waals surface area contributed by atoms with E-state index in [-0.39, 0.29) is 17.7 Å². The van der Waals surface area contributed by atoms with Crippen LogP contribution in [0.15, 0.2) is 34.9 Å². The van der Waals surface area contributed by atoms with Crippen LogP contribution in [0.25, 0.3) is 0 Å². The van der Waals surface area contributed by atoms with Gasteiger partial charge in [0, 0.05) is 32.2 Å². The molecule has 2 heterocycles. The summed E-state index contributed by atoms with van der Waals surface area (Å²) in [5.41, 5.74) is 0.810. The number of ether oxygens (including phenoxy) is 3. The zero-order valence-corrected chi connectivity index (χ0v) is 17.8. The molecule has 1 aliphatic rings. The third-order valence-electron chi connectivity index (χ3n) is 5.36. The van der Waals surface area contributed by atoms with Gasteiger partial charge in [0.25, 0.3) is 5.91 Å². The highest BCUT2D eigenvalue weighted by molar-refractivity contribution is 5.92. The van der Waals surface area contributed by atoms with Crippen LogP contribution >= 0.6 is 0 Å². The first-order chi connectivity index (χ1) is 14.5. The average molecular weight is 416 g/mol. The minimum Gasteiger partial charge on any atom is -0.493 e. The molecule has 1 aliphatic heterocycles. The lowest BCUT2D eigenvalue weighted by molar-refractivity contribution is -0.136. The van der Waals surface area contributed by atoms with E-state index in [9.17, 15) is 9.59 Å². The summed E-state index contributed by atoms with van der Waals surface area (Å²) in [6.07, 6.45) is 2.99. The lowest BCUT2D eigenvalue weighted by Crippen LogP contribution is -2.45. The van der Waals surface area contributed by atoms with Gasteiger partial charge in [0.15, 0.2) is 17.3 Å². The van der Waals surface area contributed by atoms with Crippen molar-refractivity contribution in [1.29, 1.82) is 0 Å². The van der Waals surface area contributed by atoms with Crippen molar-refractivity contribution in [2.75, 3.05) is 41.5 Å². The lowest BCUT2D eigenvalue weighted by atomic mass is 9.96. The number of rotatable bonds is 7. The Balaban J connectivity index is 1.70. The second kappa shape index (κ2) is 9.56. The summed E-state index contributed by atoms with van der Waals surface area (Å²) in [5.74, 6) is 1.44. The quantitative estimate of drug-likeness (QED) is 0.690. The molecule has 0 saturated carbocycles. The van der Waals surface area contributed by atoms with Crippen LogP contribution in [0.1, 0.15) is 29.0 Å². The van der Waals surface area contributed by atoms with Crippen molar-refractivity contribution < 1.29 is 28.2 Å². The molecule has 0 bridgehead atoms. The van der Waals surface area contributed by atoms with Gasteiger partial charge in [-0.2, -0.15) is 0 Å². The second-order valence-electron chi connectivity index (χ2n) is 7.26. The van der Waals surface area contributed by atoms with Crippen LogP contribution in [-0.4, -0.2) is 63.1 Å². The molecule has 30 heavy (non-hydrogen) atoms. The first-order valence-corrected chi connectivity index (χ1v) is 9.85. The Hall–Kier alpha value is -3.16. The summed E-state index contributed by atoms with van der Waals surface area (Å²) in [7, 11) is 6.42. The molecule has 1 unspecified atom stereocenters. The molecule has 8 nitrogen and oxygen atoms in total. The highest BCUT2D eigenvalue weighted by atomic mass is 16.5. The van der Waals surface area contributed by atoms with E-state index in [1.54, 1.807) is 56.4 Å². The lowest BCUT2D eigenvalue weighted by Gasteiger charge is -2.33. The number of nitrogens with zero attached hydrogens (tertiary/aromatic N) is 2. The molecule has 8 heteroatoms. The zero-order valence-electron chi connectivity index (χ0n) is 17.8. The van der Waals surface area contributed by atoms with Gasteiger partial charge in [0.1, 0.15) is 0 Å². The van der Waals surface area contributed by atoms with Crippen molar-refractivity contribution in [3.8, 4) is 17.2 Å². The minimum absolute atomic E-state index is 0.0104. The van der Waals surface area contributed by atoms with Crippen LogP contribution in [0.3, 0.4) is 0 Å². The van der Waals surface area contributed by atoms with E-state index in [0.29, 0.717) is 42.6 Å². The van der Waals surface area contributed by atoms with Crippen molar-refractivity contribution in [2.45, 2.75) is 19.4 Å². The molecule has 0 aliphatic carbocycles. The van der Waals surface area contributed by atoms with E-state index in [4.69, 9.17) is 18.6 Å². The third-order valence-corrected chi connectivity index (χ3v) is 5.36. The fourth-order valence-electron chi connectivity index (χ4n) is 3.85. The molecule has 0 radical (unpaired) electrons. The van der Waals surface area contributed by atoms with Gasteiger partial charge in [-0.25, -0.2) is 0 Å². The number of furan rings is 1. The minimum atomic E-state index is -0.256. The fourth-order valence-corrected chi connectivity index (χ4v) is 3.85. The van der Waals surface area contributed by atoms with Crippen LogP contribution in [-0.2, 0) is 11.3 Å². The van der Waals surface area contributed by atoms with Gasteiger partial charge in [0.2, 0.25) is 11.7 Å². The summed E-state index contributed by atoms with van der Waals surface area (Å²) in [5, 5.41) is 0. The Bertz CT molecular complexity index is 880. The maximum Gasteiger partial charge on any atom is 0.289 e. The maximum absolute atomic E-state index is 13.1. The molecular weight excluding hydrogens is 388 g/mol. The van der Waals surface area contributed by atoms with E-state index >= 15 is 0 Å². The van der Waals surface area contributed by atoms with Crippen molar-refractivity contribution in [3.05, 3.63) is 41.9 Å². The number of carbonyl (C=O) groups is 2. The number of hydrogen-bond donors (Lipinski definition) is 0. The highest BCUT2D eigenvalue weighted by Crippen LogP contribution is 2.40. The summed E-state index contributed by atoms with van der Waals surface area (Å²) < 4.78 is 21.5. The average Bonchev–Trinajstić information content (AvgIpc) is 3.32. The number of methoxy groups -OCH3 is 3. The van der Waals surface area contributed by atoms with E-state index in [2.05, 4.69) is 0 Å². The Kier molecular flexibility index (Phi) is 6.87. The summed E-state index contributed by atoms with van der Waals surface area (Å²) in [6.45, 7) is 1.35.